The Morgan fingerprint density at radius 1 is 1.16 bits per heavy atom. The molecule has 0 radical (unpaired) electrons. The van der Waals surface area contributed by atoms with Gasteiger partial charge in [-0.1, -0.05) is 48.5 Å². The lowest BCUT2D eigenvalue weighted by Gasteiger charge is -2.42. The second-order valence-corrected chi connectivity index (χ2v) is 6.67. The van der Waals surface area contributed by atoms with Crippen LogP contribution in [0.2, 0.25) is 0 Å². The molecule has 1 saturated heterocycles. The number of piperidine rings is 1. The van der Waals surface area contributed by atoms with Crippen LogP contribution in [0.1, 0.15) is 24.0 Å². The Morgan fingerprint density at radius 2 is 1.88 bits per heavy atom. The first kappa shape index (κ1) is 15.6. The first-order valence-corrected chi connectivity index (χ1v) is 8.30. The molecule has 4 rings (SSSR count). The Labute approximate surface area is 145 Å². The van der Waals surface area contributed by atoms with Crippen molar-refractivity contribution in [3.05, 3.63) is 65.7 Å². The van der Waals surface area contributed by atoms with E-state index in [0.717, 1.165) is 16.8 Å². The van der Waals surface area contributed by atoms with E-state index in [9.17, 15) is 14.7 Å². The smallest absolute Gasteiger partial charge is 0.326 e. The van der Waals surface area contributed by atoms with Crippen molar-refractivity contribution < 1.29 is 14.7 Å². The molecule has 25 heavy (non-hydrogen) atoms. The van der Waals surface area contributed by atoms with Gasteiger partial charge < -0.3 is 10.0 Å². The number of likely N-dealkylation sites (tertiary alicyclic amines) is 1. The molecule has 0 saturated carbocycles. The summed E-state index contributed by atoms with van der Waals surface area (Å²) in [4.78, 5) is 30.7. The van der Waals surface area contributed by atoms with Crippen LogP contribution in [0.25, 0.3) is 0 Å². The van der Waals surface area contributed by atoms with Crippen molar-refractivity contribution in [3.63, 3.8) is 0 Å². The van der Waals surface area contributed by atoms with Gasteiger partial charge in [0.25, 0.3) is 0 Å². The maximum absolute atomic E-state index is 12.9. The van der Waals surface area contributed by atoms with Gasteiger partial charge >= 0.3 is 5.97 Å². The quantitative estimate of drug-likeness (QED) is 0.938. The van der Waals surface area contributed by atoms with Gasteiger partial charge in [-0.3, -0.25) is 9.79 Å². The molecule has 2 atom stereocenters. The summed E-state index contributed by atoms with van der Waals surface area (Å²) < 4.78 is 0. The Balaban J connectivity index is 1.67. The fourth-order valence-electron chi connectivity index (χ4n) is 3.85. The van der Waals surface area contributed by atoms with E-state index in [1.165, 1.54) is 4.90 Å². The van der Waals surface area contributed by atoms with Crippen molar-refractivity contribution in [2.24, 2.45) is 4.99 Å². The first-order chi connectivity index (χ1) is 12.1. The molecule has 5 nitrogen and oxygen atoms in total. The minimum Gasteiger partial charge on any atom is -0.480 e. The van der Waals surface area contributed by atoms with Crippen LogP contribution < -0.4 is 0 Å². The lowest BCUT2D eigenvalue weighted by atomic mass is 9.71. The van der Waals surface area contributed by atoms with Gasteiger partial charge in [0.05, 0.1) is 5.69 Å². The summed E-state index contributed by atoms with van der Waals surface area (Å²) in [5.41, 5.74) is 2.10. The molecule has 1 fully saturated rings. The molecule has 1 spiro atoms. The Kier molecular flexibility index (Phi) is 3.64. The zero-order valence-electron chi connectivity index (χ0n) is 13.6. The summed E-state index contributed by atoms with van der Waals surface area (Å²) in [6.07, 6.45) is 2.37. The second kappa shape index (κ2) is 5.84. The van der Waals surface area contributed by atoms with Crippen LogP contribution in [-0.4, -0.2) is 34.1 Å². The molecule has 5 heteroatoms. The molecule has 2 aromatic rings. The number of carbonyl (C=O) groups excluding carboxylic acids is 1. The first-order valence-electron chi connectivity index (χ1n) is 8.30. The molecule has 0 bridgehead atoms. The molecule has 0 aliphatic carbocycles. The SMILES string of the molecule is O=C(O)[C@H]1C[C@]2(C=Nc3ccccc32)CC(=O)N1Cc1ccccc1. The topological polar surface area (TPSA) is 70.0 Å². The number of hydrogen-bond acceptors (Lipinski definition) is 3. The van der Waals surface area contributed by atoms with Gasteiger partial charge in [-0.25, -0.2) is 4.79 Å². The summed E-state index contributed by atoms with van der Waals surface area (Å²) in [5, 5.41) is 9.76. The van der Waals surface area contributed by atoms with Gasteiger partial charge in [0.15, 0.2) is 0 Å². The zero-order chi connectivity index (χ0) is 17.4. The fourth-order valence-corrected chi connectivity index (χ4v) is 3.85. The standard InChI is InChI=1S/C20H18N2O3/c23-18-11-20(13-21-16-9-5-4-8-15(16)20)10-17(19(24)25)22(18)12-14-6-2-1-3-7-14/h1-9,13,17H,10-12H2,(H,24,25)/t17-,20-/m1/s1. The van der Waals surface area contributed by atoms with E-state index in [-0.39, 0.29) is 12.3 Å². The number of para-hydroxylation sites is 1. The number of carboxylic acids is 1. The van der Waals surface area contributed by atoms with E-state index < -0.39 is 17.4 Å². The van der Waals surface area contributed by atoms with Crippen LogP contribution in [0.15, 0.2) is 59.6 Å². The number of benzene rings is 2. The molecular formula is C20H18N2O3. The largest absolute Gasteiger partial charge is 0.480 e. The molecule has 2 aliphatic heterocycles. The minimum atomic E-state index is -0.971. The average Bonchev–Trinajstić information content (AvgIpc) is 2.96. The Bertz CT molecular complexity index is 862. The van der Waals surface area contributed by atoms with Crippen LogP contribution in [0.5, 0.6) is 0 Å². The summed E-state index contributed by atoms with van der Waals surface area (Å²) in [6.45, 7) is 0.311. The summed E-state index contributed by atoms with van der Waals surface area (Å²) in [6, 6.07) is 16.3. The molecule has 0 aromatic heterocycles. The van der Waals surface area contributed by atoms with Gasteiger partial charge in [0, 0.05) is 24.6 Å². The van der Waals surface area contributed by atoms with Crippen molar-refractivity contribution >= 4 is 23.8 Å². The van der Waals surface area contributed by atoms with Crippen LogP contribution in [0, 0.1) is 0 Å². The van der Waals surface area contributed by atoms with Gasteiger partial charge in [-0.2, -0.15) is 0 Å². The highest BCUT2D eigenvalue weighted by Gasteiger charge is 2.49. The highest BCUT2D eigenvalue weighted by atomic mass is 16.4. The summed E-state index contributed by atoms with van der Waals surface area (Å²) >= 11 is 0. The Morgan fingerprint density at radius 3 is 2.64 bits per heavy atom. The number of carboxylic acid groups (broad SMARTS) is 1. The third kappa shape index (κ3) is 2.61. The number of amides is 1. The molecule has 1 amide bonds. The molecule has 0 unspecified atom stereocenters. The lowest BCUT2D eigenvalue weighted by molar-refractivity contribution is -0.155. The molecule has 1 N–H and O–H groups in total. The van der Waals surface area contributed by atoms with E-state index in [1.807, 2.05) is 54.6 Å². The van der Waals surface area contributed by atoms with Crippen molar-refractivity contribution in [1.29, 1.82) is 0 Å². The van der Waals surface area contributed by atoms with Crippen molar-refractivity contribution in [2.75, 3.05) is 0 Å². The van der Waals surface area contributed by atoms with Crippen LogP contribution >= 0.6 is 0 Å². The summed E-state index contributed by atoms with van der Waals surface area (Å²) in [7, 11) is 0. The highest BCUT2D eigenvalue weighted by molar-refractivity contribution is 5.95. The minimum absolute atomic E-state index is 0.148. The monoisotopic (exact) mass is 334 g/mol. The maximum Gasteiger partial charge on any atom is 0.326 e. The number of rotatable bonds is 3. The van der Waals surface area contributed by atoms with Gasteiger partial charge in [0.1, 0.15) is 6.04 Å². The number of carbonyl (C=O) groups is 2. The molecule has 2 aliphatic rings. The van der Waals surface area contributed by atoms with Crippen molar-refractivity contribution in [2.45, 2.75) is 30.8 Å². The summed E-state index contributed by atoms with van der Waals surface area (Å²) in [5.74, 6) is -1.12. The average molecular weight is 334 g/mol. The third-order valence-electron chi connectivity index (χ3n) is 5.09. The van der Waals surface area contributed by atoms with Crippen molar-refractivity contribution in [3.8, 4) is 0 Å². The van der Waals surface area contributed by atoms with E-state index in [2.05, 4.69) is 4.99 Å². The predicted octanol–water partition coefficient (Wildman–Crippen LogP) is 2.92. The highest BCUT2D eigenvalue weighted by Crippen LogP contribution is 2.45. The van der Waals surface area contributed by atoms with Crippen molar-refractivity contribution in [1.82, 2.24) is 4.90 Å². The molecule has 2 heterocycles. The van der Waals surface area contributed by atoms with Crippen LogP contribution in [0.3, 0.4) is 0 Å². The van der Waals surface area contributed by atoms with E-state index in [4.69, 9.17) is 0 Å². The van der Waals surface area contributed by atoms with E-state index >= 15 is 0 Å². The van der Waals surface area contributed by atoms with E-state index in [1.54, 1.807) is 6.21 Å². The molecule has 2 aromatic carbocycles. The number of aliphatic imine (C=N–C) groups is 1. The second-order valence-electron chi connectivity index (χ2n) is 6.67. The number of nitrogens with zero attached hydrogens (tertiary/aromatic N) is 2. The normalized spacial score (nSPS) is 24.6. The molecular weight excluding hydrogens is 316 g/mol. The zero-order valence-corrected chi connectivity index (χ0v) is 13.6. The lowest BCUT2D eigenvalue weighted by Crippen LogP contribution is -2.55. The van der Waals surface area contributed by atoms with E-state index in [0.29, 0.717) is 13.0 Å². The van der Waals surface area contributed by atoms with Crippen LogP contribution in [-0.2, 0) is 21.5 Å². The van der Waals surface area contributed by atoms with Gasteiger partial charge in [-0.15, -0.1) is 0 Å². The van der Waals surface area contributed by atoms with Gasteiger partial charge in [-0.05, 0) is 23.6 Å². The van der Waals surface area contributed by atoms with Gasteiger partial charge in [0.2, 0.25) is 5.91 Å². The fraction of sp³-hybridized carbons (Fsp3) is 0.250. The van der Waals surface area contributed by atoms with Crippen LogP contribution in [0.4, 0.5) is 5.69 Å². The molecule has 126 valence electrons. The third-order valence-corrected chi connectivity index (χ3v) is 5.09. The predicted molar refractivity (Wildman–Crippen MR) is 93.9 cm³/mol. The Hall–Kier alpha value is -2.95. The number of hydrogen-bond donors (Lipinski definition) is 1. The number of fused-ring (bicyclic) bond motifs is 2. The number of aliphatic carboxylic acids is 1. The maximum atomic E-state index is 12.9.